The Labute approximate surface area is 123 Å². The molecule has 2 aromatic heterocycles. The summed E-state index contributed by atoms with van der Waals surface area (Å²) in [6, 6.07) is 4.66. The van der Waals surface area contributed by atoms with Crippen molar-refractivity contribution in [2.24, 2.45) is 0 Å². The molecule has 1 N–H and O–H groups in total. The van der Waals surface area contributed by atoms with E-state index in [1.165, 1.54) is 30.6 Å². The van der Waals surface area contributed by atoms with Crippen LogP contribution in [0.4, 0.5) is 0 Å². The Hall–Kier alpha value is -0.640. The molecule has 0 aliphatic rings. The van der Waals surface area contributed by atoms with Gasteiger partial charge in [-0.2, -0.15) is 0 Å². The van der Waals surface area contributed by atoms with E-state index in [1.807, 2.05) is 22.7 Å². The maximum Gasteiger partial charge on any atom is 0.0431 e. The van der Waals surface area contributed by atoms with Crippen molar-refractivity contribution < 1.29 is 5.11 Å². The maximum atomic E-state index is 9.16. The second-order valence-corrected chi connectivity index (χ2v) is 8.08. The zero-order valence-electron chi connectivity index (χ0n) is 12.1. The van der Waals surface area contributed by atoms with Gasteiger partial charge < -0.3 is 5.11 Å². The molecule has 3 heteroatoms. The normalized spacial score (nSPS) is 11.5. The van der Waals surface area contributed by atoms with Crippen LogP contribution in [0.5, 0.6) is 0 Å². The lowest BCUT2D eigenvalue weighted by molar-refractivity contribution is 0.282. The first-order chi connectivity index (χ1) is 9.02. The molecule has 2 heterocycles. The van der Waals surface area contributed by atoms with Gasteiger partial charge in [0.05, 0.1) is 0 Å². The predicted molar refractivity (Wildman–Crippen MR) is 85.7 cm³/mol. The van der Waals surface area contributed by atoms with Crippen molar-refractivity contribution in [2.45, 2.75) is 46.5 Å². The summed E-state index contributed by atoms with van der Waals surface area (Å²) < 4.78 is 0. The molecule has 2 rings (SSSR count). The molecule has 0 saturated heterocycles. The highest BCUT2D eigenvalue weighted by atomic mass is 32.1. The average molecular weight is 294 g/mol. The summed E-state index contributed by atoms with van der Waals surface area (Å²) >= 11 is 3.76. The molecule has 0 spiro atoms. The smallest absolute Gasteiger partial charge is 0.0431 e. The topological polar surface area (TPSA) is 20.2 Å². The summed E-state index contributed by atoms with van der Waals surface area (Å²) in [5, 5.41) is 9.16. The van der Waals surface area contributed by atoms with E-state index in [9.17, 15) is 0 Å². The molecule has 19 heavy (non-hydrogen) atoms. The monoisotopic (exact) mass is 294 g/mol. The van der Waals surface area contributed by atoms with Gasteiger partial charge in [0.1, 0.15) is 0 Å². The Morgan fingerprint density at radius 1 is 0.947 bits per heavy atom. The third-order valence-electron chi connectivity index (χ3n) is 3.56. The van der Waals surface area contributed by atoms with Gasteiger partial charge in [-0.25, -0.2) is 0 Å². The fourth-order valence-corrected chi connectivity index (χ4v) is 4.74. The molecule has 1 nitrogen and oxygen atoms in total. The van der Waals surface area contributed by atoms with Gasteiger partial charge >= 0.3 is 0 Å². The van der Waals surface area contributed by atoms with Crippen molar-refractivity contribution in [3.05, 3.63) is 42.8 Å². The van der Waals surface area contributed by atoms with Crippen molar-refractivity contribution in [2.75, 3.05) is 6.61 Å². The second-order valence-electron chi connectivity index (χ2n) is 5.16. The van der Waals surface area contributed by atoms with Gasteiger partial charge in [-0.3, -0.25) is 0 Å². The minimum Gasteiger partial charge on any atom is -0.396 e. The van der Waals surface area contributed by atoms with Crippen molar-refractivity contribution >= 4 is 22.7 Å². The molecule has 0 unspecified atom stereocenters. The second kappa shape index (κ2) is 6.21. The van der Waals surface area contributed by atoms with Crippen LogP contribution in [0.25, 0.3) is 0 Å². The number of aryl methyl sites for hydroxylation is 4. The number of hydrogen-bond acceptors (Lipinski definition) is 3. The van der Waals surface area contributed by atoms with Crippen LogP contribution >= 0.6 is 22.7 Å². The summed E-state index contributed by atoms with van der Waals surface area (Å²) in [5.74, 6) is 0.446. The lowest BCUT2D eigenvalue weighted by Crippen LogP contribution is -2.03. The van der Waals surface area contributed by atoms with E-state index >= 15 is 0 Å². The van der Waals surface area contributed by atoms with Crippen LogP contribution in [0.1, 0.15) is 49.4 Å². The van der Waals surface area contributed by atoms with E-state index in [-0.39, 0.29) is 6.61 Å². The van der Waals surface area contributed by atoms with Gasteiger partial charge in [-0.15, -0.1) is 22.7 Å². The highest BCUT2D eigenvalue weighted by molar-refractivity contribution is 7.12. The third-order valence-corrected chi connectivity index (χ3v) is 5.52. The fraction of sp³-hybridized carbons (Fsp3) is 0.500. The molecule has 0 atom stereocenters. The first-order valence-electron chi connectivity index (χ1n) is 6.77. The van der Waals surface area contributed by atoms with Crippen molar-refractivity contribution in [1.82, 2.24) is 0 Å². The number of aliphatic hydroxyl groups is 1. The van der Waals surface area contributed by atoms with Crippen LogP contribution in [0.3, 0.4) is 0 Å². The van der Waals surface area contributed by atoms with Gasteiger partial charge in [0, 0.05) is 32.0 Å². The average Bonchev–Trinajstić information content (AvgIpc) is 2.83. The molecule has 2 aromatic rings. The number of hydrogen-bond donors (Lipinski definition) is 1. The number of rotatable bonds is 5. The molecule has 0 fully saturated rings. The van der Waals surface area contributed by atoms with Gasteiger partial charge in [0.15, 0.2) is 0 Å². The molecule has 0 radical (unpaired) electrons. The highest BCUT2D eigenvalue weighted by Crippen LogP contribution is 2.39. The number of aliphatic hydroxyl groups excluding tert-OH is 1. The van der Waals surface area contributed by atoms with Gasteiger partial charge in [0.2, 0.25) is 0 Å². The fourth-order valence-electron chi connectivity index (χ4n) is 2.77. The van der Waals surface area contributed by atoms with E-state index in [0.29, 0.717) is 5.92 Å². The minimum absolute atomic E-state index is 0.279. The molecule has 0 aliphatic carbocycles. The lowest BCUT2D eigenvalue weighted by Gasteiger charge is -2.17. The van der Waals surface area contributed by atoms with Gasteiger partial charge in [0.25, 0.3) is 0 Å². The summed E-state index contributed by atoms with van der Waals surface area (Å²) in [7, 11) is 0. The lowest BCUT2D eigenvalue weighted by atomic mass is 9.88. The standard InChI is InChI=1S/C16H22OS2/c1-10-8-15(12(3)18-10)14(6-5-7-17)16-9-11(2)19-13(16)4/h8-9,14,17H,5-7H2,1-4H3. The third kappa shape index (κ3) is 3.28. The van der Waals surface area contributed by atoms with E-state index in [4.69, 9.17) is 5.11 Å². The molecule has 0 saturated carbocycles. The molecule has 0 bridgehead atoms. The van der Waals surface area contributed by atoms with Gasteiger partial charge in [-0.05, 0) is 63.8 Å². The minimum atomic E-state index is 0.279. The SMILES string of the molecule is Cc1cc(C(CCCO)c2cc(C)sc2C)c(C)s1. The molecular formula is C16H22OS2. The first-order valence-corrected chi connectivity index (χ1v) is 8.41. The first kappa shape index (κ1) is 14.8. The Balaban J connectivity index is 2.41. The quantitative estimate of drug-likeness (QED) is 0.827. The van der Waals surface area contributed by atoms with E-state index < -0.39 is 0 Å². The number of thiophene rings is 2. The predicted octanol–water partition coefficient (Wildman–Crippen LogP) is 4.95. The summed E-state index contributed by atoms with van der Waals surface area (Å²) in [5.41, 5.74) is 2.91. The van der Waals surface area contributed by atoms with E-state index in [1.54, 1.807) is 0 Å². The molecule has 104 valence electrons. The van der Waals surface area contributed by atoms with Crippen LogP contribution in [0.15, 0.2) is 12.1 Å². The molecule has 0 amide bonds. The van der Waals surface area contributed by atoms with E-state index in [2.05, 4.69) is 39.8 Å². The van der Waals surface area contributed by atoms with Crippen LogP contribution in [-0.4, -0.2) is 11.7 Å². The van der Waals surface area contributed by atoms with Crippen molar-refractivity contribution in [3.8, 4) is 0 Å². The summed E-state index contributed by atoms with van der Waals surface area (Å²) in [6.45, 7) is 9.06. The largest absolute Gasteiger partial charge is 0.396 e. The Morgan fingerprint density at radius 2 is 1.42 bits per heavy atom. The molecule has 0 aromatic carbocycles. The Bertz CT molecular complexity index is 505. The van der Waals surface area contributed by atoms with Crippen LogP contribution in [0.2, 0.25) is 0 Å². The van der Waals surface area contributed by atoms with Crippen LogP contribution in [0, 0.1) is 27.7 Å². The van der Waals surface area contributed by atoms with Crippen molar-refractivity contribution in [1.29, 1.82) is 0 Å². The highest BCUT2D eigenvalue weighted by Gasteiger charge is 2.20. The summed E-state index contributed by atoms with van der Waals surface area (Å²) in [4.78, 5) is 5.60. The van der Waals surface area contributed by atoms with Gasteiger partial charge in [-0.1, -0.05) is 0 Å². The summed E-state index contributed by atoms with van der Waals surface area (Å²) in [6.07, 6.45) is 1.90. The van der Waals surface area contributed by atoms with Crippen LogP contribution in [-0.2, 0) is 0 Å². The molecule has 0 aliphatic heterocycles. The Morgan fingerprint density at radius 3 is 1.74 bits per heavy atom. The van der Waals surface area contributed by atoms with Crippen LogP contribution < -0.4 is 0 Å². The zero-order valence-corrected chi connectivity index (χ0v) is 13.8. The molecular weight excluding hydrogens is 272 g/mol. The zero-order chi connectivity index (χ0) is 14.0. The Kier molecular flexibility index (Phi) is 4.82. The maximum absolute atomic E-state index is 9.16. The van der Waals surface area contributed by atoms with E-state index in [0.717, 1.165) is 12.8 Å². The van der Waals surface area contributed by atoms with Crippen molar-refractivity contribution in [3.63, 3.8) is 0 Å².